The van der Waals surface area contributed by atoms with Gasteiger partial charge in [-0.1, -0.05) is 55.8 Å². The molecule has 1 heterocycles. The van der Waals surface area contributed by atoms with Gasteiger partial charge >= 0.3 is 0 Å². The summed E-state index contributed by atoms with van der Waals surface area (Å²) in [6.07, 6.45) is 4.75. The van der Waals surface area contributed by atoms with Gasteiger partial charge in [0.1, 0.15) is 12.4 Å². The number of benzene rings is 2. The maximum Gasteiger partial charge on any atom is 0.216 e. The van der Waals surface area contributed by atoms with E-state index in [1.54, 1.807) is 10.9 Å². The Kier molecular flexibility index (Phi) is 6.33. The van der Waals surface area contributed by atoms with Crippen molar-refractivity contribution in [3.8, 4) is 5.75 Å². The van der Waals surface area contributed by atoms with Gasteiger partial charge in [-0.15, -0.1) is 0 Å². The fourth-order valence-electron chi connectivity index (χ4n) is 2.51. The number of nitrogens with one attached hydrogen (secondary N) is 1. The van der Waals surface area contributed by atoms with Crippen LogP contribution in [0.2, 0.25) is 0 Å². The first-order chi connectivity index (χ1) is 12.8. The van der Waals surface area contributed by atoms with Crippen LogP contribution in [-0.2, 0) is 13.0 Å². The van der Waals surface area contributed by atoms with E-state index in [1.165, 1.54) is 0 Å². The maximum absolute atomic E-state index is 5.97. The summed E-state index contributed by atoms with van der Waals surface area (Å²) in [5.41, 5.74) is 2.02. The standard InChI is InChI=1S/C20H22N4OS/c1-2-3-13-19-22-23-20(26)24(19)21-14-17-11-7-8-12-18(17)25-15-16-9-5-4-6-10-16/h4-12,14H,2-3,13,15H2,1H3,(H,23,26)/b21-14-. The van der Waals surface area contributed by atoms with Gasteiger partial charge in [0.05, 0.1) is 6.21 Å². The number of H-pyrrole nitrogens is 1. The van der Waals surface area contributed by atoms with Crippen LogP contribution >= 0.6 is 12.2 Å². The molecule has 0 saturated carbocycles. The number of hydrogen-bond acceptors (Lipinski definition) is 4. The Morgan fingerprint density at radius 1 is 1.15 bits per heavy atom. The molecule has 0 radical (unpaired) electrons. The lowest BCUT2D eigenvalue weighted by Crippen LogP contribution is -2.01. The van der Waals surface area contributed by atoms with Crippen LogP contribution in [0.3, 0.4) is 0 Å². The molecule has 134 valence electrons. The molecule has 0 aliphatic carbocycles. The zero-order valence-electron chi connectivity index (χ0n) is 14.8. The molecule has 3 rings (SSSR count). The molecule has 0 atom stereocenters. The number of para-hydroxylation sites is 1. The zero-order chi connectivity index (χ0) is 18.2. The molecular formula is C20H22N4OS. The lowest BCUT2D eigenvalue weighted by molar-refractivity contribution is 0.306. The third-order valence-electron chi connectivity index (χ3n) is 3.94. The summed E-state index contributed by atoms with van der Waals surface area (Å²) in [6.45, 7) is 2.66. The van der Waals surface area contributed by atoms with Crippen molar-refractivity contribution >= 4 is 18.4 Å². The fraction of sp³-hybridized carbons (Fsp3) is 0.250. The van der Waals surface area contributed by atoms with E-state index in [0.717, 1.165) is 42.0 Å². The quantitative estimate of drug-likeness (QED) is 0.462. The Hall–Kier alpha value is -2.73. The molecule has 0 spiro atoms. The van der Waals surface area contributed by atoms with Crippen molar-refractivity contribution in [2.75, 3.05) is 0 Å². The normalized spacial score (nSPS) is 11.1. The van der Waals surface area contributed by atoms with E-state index in [0.29, 0.717) is 11.4 Å². The monoisotopic (exact) mass is 366 g/mol. The van der Waals surface area contributed by atoms with Gasteiger partial charge in [-0.3, -0.25) is 5.10 Å². The van der Waals surface area contributed by atoms with E-state index in [1.807, 2.05) is 54.6 Å². The van der Waals surface area contributed by atoms with Gasteiger partial charge in [0.2, 0.25) is 4.77 Å². The van der Waals surface area contributed by atoms with E-state index < -0.39 is 0 Å². The highest BCUT2D eigenvalue weighted by Gasteiger charge is 2.05. The molecule has 0 bridgehead atoms. The second-order valence-corrected chi connectivity index (χ2v) is 6.30. The van der Waals surface area contributed by atoms with Crippen LogP contribution < -0.4 is 4.74 Å². The number of hydrogen-bond donors (Lipinski definition) is 1. The number of ether oxygens (including phenoxy) is 1. The summed E-state index contributed by atoms with van der Waals surface area (Å²) in [4.78, 5) is 0. The molecule has 0 unspecified atom stereocenters. The summed E-state index contributed by atoms with van der Waals surface area (Å²) in [7, 11) is 0. The van der Waals surface area contributed by atoms with E-state index >= 15 is 0 Å². The number of nitrogens with zero attached hydrogens (tertiary/aromatic N) is 3. The topological polar surface area (TPSA) is 55.2 Å². The molecule has 0 aliphatic rings. The van der Waals surface area contributed by atoms with Crippen molar-refractivity contribution in [2.24, 2.45) is 5.10 Å². The third-order valence-corrected chi connectivity index (χ3v) is 4.20. The van der Waals surface area contributed by atoms with Crippen LogP contribution in [0.4, 0.5) is 0 Å². The number of rotatable bonds is 8. The van der Waals surface area contributed by atoms with E-state index in [9.17, 15) is 0 Å². The van der Waals surface area contributed by atoms with Crippen LogP contribution in [0.15, 0.2) is 59.7 Å². The molecule has 26 heavy (non-hydrogen) atoms. The van der Waals surface area contributed by atoms with Gasteiger partial charge in [0, 0.05) is 12.0 Å². The number of aromatic nitrogens is 3. The summed E-state index contributed by atoms with van der Waals surface area (Å²) in [6, 6.07) is 17.9. The van der Waals surface area contributed by atoms with Crippen molar-refractivity contribution < 1.29 is 4.74 Å². The van der Waals surface area contributed by atoms with Crippen LogP contribution in [-0.4, -0.2) is 21.1 Å². The third kappa shape index (κ3) is 4.67. The highest BCUT2D eigenvalue weighted by molar-refractivity contribution is 7.71. The van der Waals surface area contributed by atoms with Crippen molar-refractivity contribution in [2.45, 2.75) is 32.8 Å². The van der Waals surface area contributed by atoms with Gasteiger partial charge in [0.15, 0.2) is 5.82 Å². The van der Waals surface area contributed by atoms with Crippen LogP contribution in [0.5, 0.6) is 5.75 Å². The van der Waals surface area contributed by atoms with Gasteiger partial charge in [0.25, 0.3) is 0 Å². The largest absolute Gasteiger partial charge is 0.488 e. The highest BCUT2D eigenvalue weighted by atomic mass is 32.1. The van der Waals surface area contributed by atoms with Crippen molar-refractivity contribution in [3.05, 3.63) is 76.3 Å². The molecule has 2 aromatic carbocycles. The minimum absolute atomic E-state index is 0.495. The van der Waals surface area contributed by atoms with Crippen molar-refractivity contribution in [3.63, 3.8) is 0 Å². The Morgan fingerprint density at radius 2 is 1.92 bits per heavy atom. The predicted octanol–water partition coefficient (Wildman–Crippen LogP) is 4.74. The molecule has 0 fully saturated rings. The van der Waals surface area contributed by atoms with Crippen molar-refractivity contribution in [1.29, 1.82) is 0 Å². The summed E-state index contributed by atoms with van der Waals surface area (Å²) in [5.74, 6) is 1.63. The summed E-state index contributed by atoms with van der Waals surface area (Å²) in [5, 5.41) is 11.6. The molecule has 0 amide bonds. The summed E-state index contributed by atoms with van der Waals surface area (Å²) >= 11 is 5.29. The van der Waals surface area contributed by atoms with E-state index in [2.05, 4.69) is 22.2 Å². The minimum atomic E-state index is 0.495. The molecule has 0 aliphatic heterocycles. The van der Waals surface area contributed by atoms with Gasteiger partial charge in [-0.25, -0.2) is 0 Å². The number of unbranched alkanes of at least 4 members (excludes halogenated alkanes) is 1. The molecule has 1 aromatic heterocycles. The van der Waals surface area contributed by atoms with Crippen LogP contribution in [0.25, 0.3) is 0 Å². The second-order valence-electron chi connectivity index (χ2n) is 5.92. The first-order valence-electron chi connectivity index (χ1n) is 8.74. The summed E-state index contributed by atoms with van der Waals surface area (Å²) < 4.78 is 8.14. The number of aryl methyl sites for hydroxylation is 1. The zero-order valence-corrected chi connectivity index (χ0v) is 15.6. The SMILES string of the molecule is CCCCc1n[nH]c(=S)n1/N=C\c1ccccc1OCc1ccccc1. The molecule has 5 nitrogen and oxygen atoms in total. The number of aromatic amines is 1. The first kappa shape index (κ1) is 18.1. The Balaban J connectivity index is 1.77. The lowest BCUT2D eigenvalue weighted by atomic mass is 10.2. The lowest BCUT2D eigenvalue weighted by Gasteiger charge is -2.09. The fourth-order valence-corrected chi connectivity index (χ4v) is 2.71. The maximum atomic E-state index is 5.97. The Morgan fingerprint density at radius 3 is 2.73 bits per heavy atom. The smallest absolute Gasteiger partial charge is 0.216 e. The predicted molar refractivity (Wildman–Crippen MR) is 106 cm³/mol. The molecule has 6 heteroatoms. The highest BCUT2D eigenvalue weighted by Crippen LogP contribution is 2.18. The molecule has 1 N–H and O–H groups in total. The first-order valence-corrected chi connectivity index (χ1v) is 9.15. The molecule has 0 saturated heterocycles. The average Bonchev–Trinajstić information content (AvgIpc) is 3.04. The average molecular weight is 366 g/mol. The van der Waals surface area contributed by atoms with E-state index in [4.69, 9.17) is 17.0 Å². The minimum Gasteiger partial charge on any atom is -0.488 e. The van der Waals surface area contributed by atoms with Gasteiger partial charge < -0.3 is 4.74 Å². The van der Waals surface area contributed by atoms with Crippen molar-refractivity contribution in [1.82, 2.24) is 14.9 Å². The van der Waals surface area contributed by atoms with E-state index in [-0.39, 0.29) is 0 Å². The van der Waals surface area contributed by atoms with Crippen LogP contribution in [0, 0.1) is 4.77 Å². The second kappa shape index (κ2) is 9.10. The molecule has 3 aromatic rings. The van der Waals surface area contributed by atoms with Gasteiger partial charge in [-0.05, 0) is 36.3 Å². The van der Waals surface area contributed by atoms with Crippen LogP contribution in [0.1, 0.15) is 36.7 Å². The van der Waals surface area contributed by atoms with Gasteiger partial charge in [-0.2, -0.15) is 14.9 Å². The molecular weight excluding hydrogens is 344 g/mol. The Bertz CT molecular complexity index is 915. The Labute approximate surface area is 158 Å².